The van der Waals surface area contributed by atoms with Gasteiger partial charge in [-0.15, -0.1) is 0 Å². The fourth-order valence-corrected chi connectivity index (χ4v) is 2.38. The molecule has 0 atom stereocenters. The van der Waals surface area contributed by atoms with E-state index < -0.39 is 0 Å². The topological polar surface area (TPSA) is 38.1 Å². The van der Waals surface area contributed by atoms with Crippen molar-refractivity contribution in [3.63, 3.8) is 0 Å². The third kappa shape index (κ3) is 3.19. The van der Waals surface area contributed by atoms with E-state index in [4.69, 9.17) is 0 Å². The molecule has 4 heteroatoms. The van der Waals surface area contributed by atoms with Crippen LogP contribution in [0.5, 0.6) is 0 Å². The Morgan fingerprint density at radius 3 is 2.44 bits per heavy atom. The molecular formula is C14H25N3O. The molecule has 0 bridgehead atoms. The summed E-state index contributed by atoms with van der Waals surface area (Å²) >= 11 is 0. The first-order valence-corrected chi connectivity index (χ1v) is 6.68. The number of ketones is 1. The number of aryl methyl sites for hydroxylation is 2. The van der Waals surface area contributed by atoms with Gasteiger partial charge >= 0.3 is 0 Å². The number of nitrogens with zero attached hydrogens (tertiary/aromatic N) is 3. The lowest BCUT2D eigenvalue weighted by atomic mass is 9.92. The van der Waals surface area contributed by atoms with Crippen molar-refractivity contribution in [2.45, 2.75) is 46.1 Å². The van der Waals surface area contributed by atoms with Crippen molar-refractivity contribution < 1.29 is 4.79 Å². The van der Waals surface area contributed by atoms with E-state index in [0.717, 1.165) is 25.2 Å². The minimum Gasteiger partial charge on any atom is -0.298 e. The van der Waals surface area contributed by atoms with E-state index in [2.05, 4.69) is 23.8 Å². The third-order valence-corrected chi connectivity index (χ3v) is 3.77. The van der Waals surface area contributed by atoms with E-state index in [1.807, 2.05) is 31.6 Å². The molecule has 0 unspecified atom stereocenters. The summed E-state index contributed by atoms with van der Waals surface area (Å²) in [6.07, 6.45) is 3.11. The van der Waals surface area contributed by atoms with Gasteiger partial charge in [-0.1, -0.05) is 13.8 Å². The molecule has 18 heavy (non-hydrogen) atoms. The summed E-state index contributed by atoms with van der Waals surface area (Å²) in [5.74, 6) is 0.299. The molecule has 0 spiro atoms. The lowest BCUT2D eigenvalue weighted by molar-refractivity contribution is -0.129. The van der Waals surface area contributed by atoms with Crippen molar-refractivity contribution in [2.75, 3.05) is 13.1 Å². The van der Waals surface area contributed by atoms with Gasteiger partial charge in [0.2, 0.25) is 0 Å². The second-order valence-corrected chi connectivity index (χ2v) is 5.10. The summed E-state index contributed by atoms with van der Waals surface area (Å²) in [7, 11) is 1.91. The number of Topliss-reactive ketones (excluding diaryl/α,β-unsaturated/α-hetero) is 1. The van der Waals surface area contributed by atoms with Gasteiger partial charge in [-0.05, 0) is 39.4 Å². The molecule has 0 amide bonds. The summed E-state index contributed by atoms with van der Waals surface area (Å²) in [6.45, 7) is 10.0. The maximum absolute atomic E-state index is 12.4. The van der Waals surface area contributed by atoms with E-state index in [1.165, 1.54) is 0 Å². The second kappa shape index (κ2) is 6.14. The van der Waals surface area contributed by atoms with E-state index in [1.54, 1.807) is 6.20 Å². The van der Waals surface area contributed by atoms with Crippen LogP contribution >= 0.6 is 0 Å². The van der Waals surface area contributed by atoms with Gasteiger partial charge in [0.05, 0.1) is 5.54 Å². The molecule has 0 aliphatic rings. The molecule has 0 aliphatic carbocycles. The highest BCUT2D eigenvalue weighted by molar-refractivity contribution is 5.87. The van der Waals surface area contributed by atoms with Gasteiger partial charge in [-0.25, -0.2) is 0 Å². The van der Waals surface area contributed by atoms with Crippen LogP contribution in [0.2, 0.25) is 0 Å². The van der Waals surface area contributed by atoms with Crippen LogP contribution in [0.4, 0.5) is 0 Å². The maximum atomic E-state index is 12.4. The molecule has 1 aromatic rings. The standard InChI is InChI=1S/C14H25N3O/c1-6-17(7-2)14(3,4)13(18)9-8-12-10-11-15-16(12)5/h10-11H,6-9H2,1-5H3. The molecule has 1 heterocycles. The number of hydrogen-bond acceptors (Lipinski definition) is 3. The lowest BCUT2D eigenvalue weighted by Crippen LogP contribution is -2.50. The zero-order valence-electron chi connectivity index (χ0n) is 12.2. The summed E-state index contributed by atoms with van der Waals surface area (Å²) in [5, 5.41) is 4.12. The maximum Gasteiger partial charge on any atom is 0.152 e. The Labute approximate surface area is 110 Å². The summed E-state index contributed by atoms with van der Waals surface area (Å²) in [5.41, 5.74) is 0.737. The van der Waals surface area contributed by atoms with Gasteiger partial charge in [0, 0.05) is 25.4 Å². The smallest absolute Gasteiger partial charge is 0.152 e. The first-order valence-electron chi connectivity index (χ1n) is 6.68. The molecular weight excluding hydrogens is 226 g/mol. The molecule has 0 aromatic carbocycles. The van der Waals surface area contributed by atoms with Crippen molar-refractivity contribution >= 4 is 5.78 Å². The number of hydrogen-bond donors (Lipinski definition) is 0. The molecule has 0 fully saturated rings. The molecule has 1 rings (SSSR count). The highest BCUT2D eigenvalue weighted by atomic mass is 16.1. The van der Waals surface area contributed by atoms with Crippen LogP contribution in [0.15, 0.2) is 12.3 Å². The van der Waals surface area contributed by atoms with E-state index in [-0.39, 0.29) is 5.54 Å². The van der Waals surface area contributed by atoms with Crippen LogP contribution in [-0.4, -0.2) is 39.1 Å². The third-order valence-electron chi connectivity index (χ3n) is 3.77. The Morgan fingerprint density at radius 2 is 2.00 bits per heavy atom. The zero-order valence-corrected chi connectivity index (χ0v) is 12.2. The van der Waals surface area contributed by atoms with Crippen molar-refractivity contribution in [3.8, 4) is 0 Å². The predicted molar refractivity (Wildman–Crippen MR) is 73.5 cm³/mol. The van der Waals surface area contributed by atoms with Crippen LogP contribution in [0.25, 0.3) is 0 Å². The SMILES string of the molecule is CCN(CC)C(C)(C)C(=O)CCc1ccnn1C. The number of carbonyl (C=O) groups excluding carboxylic acids is 1. The van der Waals surface area contributed by atoms with Gasteiger partial charge in [0.25, 0.3) is 0 Å². The van der Waals surface area contributed by atoms with Gasteiger partial charge in [0.15, 0.2) is 5.78 Å². The number of aromatic nitrogens is 2. The summed E-state index contributed by atoms with van der Waals surface area (Å²) < 4.78 is 1.83. The number of rotatable bonds is 7. The Balaban J connectivity index is 2.62. The van der Waals surface area contributed by atoms with Gasteiger partial charge in [0.1, 0.15) is 0 Å². The number of carbonyl (C=O) groups is 1. The van der Waals surface area contributed by atoms with Crippen LogP contribution in [0.3, 0.4) is 0 Å². The van der Waals surface area contributed by atoms with Crippen LogP contribution in [0.1, 0.15) is 39.8 Å². The van der Waals surface area contributed by atoms with Crippen molar-refractivity contribution in [1.82, 2.24) is 14.7 Å². The molecule has 102 valence electrons. The fraction of sp³-hybridized carbons (Fsp3) is 0.714. The summed E-state index contributed by atoms with van der Waals surface area (Å²) in [6, 6.07) is 1.97. The Morgan fingerprint density at radius 1 is 1.39 bits per heavy atom. The normalized spacial score (nSPS) is 12.1. The van der Waals surface area contributed by atoms with Crippen molar-refractivity contribution in [3.05, 3.63) is 18.0 Å². The average Bonchev–Trinajstić information content (AvgIpc) is 2.73. The molecule has 4 nitrogen and oxygen atoms in total. The predicted octanol–water partition coefficient (Wildman–Crippen LogP) is 2.04. The highest BCUT2D eigenvalue weighted by Crippen LogP contribution is 2.18. The van der Waals surface area contributed by atoms with E-state index in [9.17, 15) is 4.79 Å². The van der Waals surface area contributed by atoms with Crippen LogP contribution in [-0.2, 0) is 18.3 Å². The largest absolute Gasteiger partial charge is 0.298 e. The molecule has 0 N–H and O–H groups in total. The first-order chi connectivity index (χ1) is 8.43. The van der Waals surface area contributed by atoms with E-state index >= 15 is 0 Å². The Hall–Kier alpha value is -1.16. The Kier molecular flexibility index (Phi) is 5.08. The first kappa shape index (κ1) is 14.9. The highest BCUT2D eigenvalue weighted by Gasteiger charge is 2.31. The molecule has 1 aromatic heterocycles. The average molecular weight is 251 g/mol. The second-order valence-electron chi connectivity index (χ2n) is 5.10. The van der Waals surface area contributed by atoms with Gasteiger partial charge in [-0.2, -0.15) is 5.10 Å². The fourth-order valence-electron chi connectivity index (χ4n) is 2.38. The van der Waals surface area contributed by atoms with Crippen molar-refractivity contribution in [1.29, 1.82) is 0 Å². The monoisotopic (exact) mass is 251 g/mol. The van der Waals surface area contributed by atoms with Gasteiger partial charge < -0.3 is 0 Å². The van der Waals surface area contributed by atoms with Crippen LogP contribution in [0, 0.1) is 0 Å². The van der Waals surface area contributed by atoms with E-state index in [0.29, 0.717) is 12.2 Å². The minimum absolute atomic E-state index is 0.299. The molecule has 0 aliphatic heterocycles. The van der Waals surface area contributed by atoms with Crippen molar-refractivity contribution in [2.24, 2.45) is 7.05 Å². The van der Waals surface area contributed by atoms with Gasteiger partial charge in [-0.3, -0.25) is 14.4 Å². The lowest BCUT2D eigenvalue weighted by Gasteiger charge is -2.35. The summed E-state index contributed by atoms with van der Waals surface area (Å²) in [4.78, 5) is 14.6. The molecule has 0 saturated carbocycles. The van der Waals surface area contributed by atoms with Crippen LogP contribution < -0.4 is 0 Å². The zero-order chi connectivity index (χ0) is 13.8. The molecule has 0 radical (unpaired) electrons. The number of likely N-dealkylation sites (N-methyl/N-ethyl adjacent to an activating group) is 1. The minimum atomic E-state index is -0.373. The quantitative estimate of drug-likeness (QED) is 0.744. The Bertz CT molecular complexity index is 391. The molecule has 0 saturated heterocycles.